The zero-order valence-electron chi connectivity index (χ0n) is 10.4. The molecule has 2 N–H and O–H groups in total. The summed E-state index contributed by atoms with van der Waals surface area (Å²) in [6.07, 6.45) is 1.64. The number of amides is 2. The van der Waals surface area contributed by atoms with Crippen molar-refractivity contribution in [3.63, 3.8) is 0 Å². The molecule has 3 saturated heterocycles. The van der Waals surface area contributed by atoms with Gasteiger partial charge in [0.25, 0.3) is 0 Å². The van der Waals surface area contributed by atoms with Crippen molar-refractivity contribution in [2.24, 2.45) is 5.92 Å². The summed E-state index contributed by atoms with van der Waals surface area (Å²) in [6, 6.07) is 0. The van der Waals surface area contributed by atoms with E-state index in [0.29, 0.717) is 19.0 Å². The Morgan fingerprint density at radius 3 is 1.82 bits per heavy atom. The van der Waals surface area contributed by atoms with Crippen LogP contribution < -0.4 is 10.6 Å². The zero-order chi connectivity index (χ0) is 12.3. The van der Waals surface area contributed by atoms with Crippen LogP contribution in [0, 0.1) is 5.92 Å². The van der Waals surface area contributed by atoms with E-state index in [2.05, 4.69) is 29.4 Å². The third-order valence-electron chi connectivity index (χ3n) is 4.46. The number of rotatable bonds is 2. The van der Waals surface area contributed by atoms with Crippen LogP contribution in [0.4, 0.5) is 0 Å². The Morgan fingerprint density at radius 2 is 1.59 bits per heavy atom. The second kappa shape index (κ2) is 3.22. The van der Waals surface area contributed by atoms with Crippen LogP contribution in [0.3, 0.4) is 0 Å². The summed E-state index contributed by atoms with van der Waals surface area (Å²) in [5, 5.41) is 5.67. The van der Waals surface area contributed by atoms with E-state index in [1.54, 1.807) is 0 Å². The molecule has 94 valence electrons. The monoisotopic (exact) mass is 237 g/mol. The normalized spacial score (nSPS) is 40.4. The van der Waals surface area contributed by atoms with Crippen molar-refractivity contribution in [3.8, 4) is 0 Å². The molecule has 0 aromatic heterocycles. The number of hydrogen-bond donors (Lipinski definition) is 2. The van der Waals surface area contributed by atoms with E-state index in [9.17, 15) is 9.59 Å². The fourth-order valence-corrected chi connectivity index (χ4v) is 3.38. The molecule has 0 unspecified atom stereocenters. The van der Waals surface area contributed by atoms with Crippen LogP contribution in [0.15, 0.2) is 0 Å². The second-order valence-corrected chi connectivity index (χ2v) is 5.93. The first-order chi connectivity index (χ1) is 8.01. The highest BCUT2D eigenvalue weighted by molar-refractivity contribution is 5.98. The van der Waals surface area contributed by atoms with Crippen molar-refractivity contribution >= 4 is 11.8 Å². The summed E-state index contributed by atoms with van der Waals surface area (Å²) in [5.41, 5.74) is -0.774. The van der Waals surface area contributed by atoms with Crippen LogP contribution in [0.25, 0.3) is 0 Å². The largest absolute Gasteiger partial charge is 0.352 e. The average molecular weight is 237 g/mol. The van der Waals surface area contributed by atoms with Gasteiger partial charge >= 0.3 is 0 Å². The van der Waals surface area contributed by atoms with E-state index < -0.39 is 0 Å². The van der Waals surface area contributed by atoms with Crippen LogP contribution in [0.5, 0.6) is 0 Å². The van der Waals surface area contributed by atoms with Crippen molar-refractivity contribution in [2.75, 3.05) is 19.6 Å². The Labute approximate surface area is 101 Å². The van der Waals surface area contributed by atoms with Crippen LogP contribution in [-0.4, -0.2) is 47.4 Å². The standard InChI is InChI=1S/C12H19N3O2/c1-8(2)5-15-11(6-13-9(11)16)3-4-12(15)7-14-10(12)17/h8H,3-7H2,1-2H3,(H,13,16)(H,14,17)/t11-,12-/m1/s1. The molecule has 0 aliphatic carbocycles. The molecule has 3 aliphatic heterocycles. The number of likely N-dealkylation sites (tertiary alicyclic amines) is 1. The minimum Gasteiger partial charge on any atom is -0.352 e. The molecule has 5 heteroatoms. The van der Waals surface area contributed by atoms with Crippen molar-refractivity contribution in [1.29, 1.82) is 0 Å². The lowest BCUT2D eigenvalue weighted by atomic mass is 9.87. The molecule has 0 radical (unpaired) electrons. The predicted molar refractivity (Wildman–Crippen MR) is 62.3 cm³/mol. The molecule has 0 aromatic rings. The molecular formula is C12H19N3O2. The molecule has 0 aromatic carbocycles. The molecular weight excluding hydrogens is 218 g/mol. The van der Waals surface area contributed by atoms with Gasteiger partial charge in [-0.3, -0.25) is 14.5 Å². The van der Waals surface area contributed by atoms with Crippen LogP contribution >= 0.6 is 0 Å². The van der Waals surface area contributed by atoms with E-state index >= 15 is 0 Å². The first kappa shape index (κ1) is 11.0. The first-order valence-electron chi connectivity index (χ1n) is 6.36. The molecule has 3 aliphatic rings. The highest BCUT2D eigenvalue weighted by Crippen LogP contribution is 2.46. The number of carbonyl (C=O) groups is 2. The topological polar surface area (TPSA) is 61.4 Å². The number of nitrogens with zero attached hydrogens (tertiary/aromatic N) is 1. The lowest BCUT2D eigenvalue weighted by Gasteiger charge is -2.53. The van der Waals surface area contributed by atoms with Gasteiger partial charge in [0, 0.05) is 19.6 Å². The number of hydrogen-bond acceptors (Lipinski definition) is 3. The Balaban J connectivity index is 1.93. The average Bonchev–Trinajstić information content (AvgIpc) is 2.64. The van der Waals surface area contributed by atoms with Crippen molar-refractivity contribution in [3.05, 3.63) is 0 Å². The van der Waals surface area contributed by atoms with Gasteiger partial charge in [0.15, 0.2) is 0 Å². The number of nitrogens with one attached hydrogen (secondary N) is 2. The number of carbonyl (C=O) groups excluding carboxylic acids is 2. The smallest absolute Gasteiger partial charge is 0.242 e. The maximum Gasteiger partial charge on any atom is 0.242 e. The molecule has 17 heavy (non-hydrogen) atoms. The summed E-state index contributed by atoms with van der Waals surface area (Å²) in [6.45, 7) is 6.49. The van der Waals surface area contributed by atoms with Crippen molar-refractivity contribution in [1.82, 2.24) is 15.5 Å². The second-order valence-electron chi connectivity index (χ2n) is 5.93. The Morgan fingerprint density at radius 1 is 1.12 bits per heavy atom. The minimum atomic E-state index is -0.387. The summed E-state index contributed by atoms with van der Waals surface area (Å²) < 4.78 is 0. The van der Waals surface area contributed by atoms with Crippen LogP contribution in [0.1, 0.15) is 26.7 Å². The van der Waals surface area contributed by atoms with Gasteiger partial charge in [0.1, 0.15) is 11.1 Å². The predicted octanol–water partition coefficient (Wildman–Crippen LogP) is -0.525. The quantitative estimate of drug-likeness (QED) is 0.635. The lowest BCUT2D eigenvalue weighted by molar-refractivity contribution is -0.155. The van der Waals surface area contributed by atoms with Gasteiger partial charge < -0.3 is 10.6 Å². The minimum absolute atomic E-state index is 0.106. The van der Waals surface area contributed by atoms with E-state index in [1.165, 1.54) is 0 Å². The first-order valence-corrected chi connectivity index (χ1v) is 6.36. The van der Waals surface area contributed by atoms with E-state index in [0.717, 1.165) is 19.4 Å². The highest BCUT2D eigenvalue weighted by Gasteiger charge is 2.67. The fraction of sp³-hybridized carbons (Fsp3) is 0.833. The summed E-state index contributed by atoms with van der Waals surface area (Å²) >= 11 is 0. The summed E-state index contributed by atoms with van der Waals surface area (Å²) in [5.74, 6) is 0.674. The molecule has 3 heterocycles. The van der Waals surface area contributed by atoms with Crippen LogP contribution in [0.2, 0.25) is 0 Å². The molecule has 3 fully saturated rings. The zero-order valence-corrected chi connectivity index (χ0v) is 10.4. The molecule has 2 spiro atoms. The van der Waals surface area contributed by atoms with Crippen molar-refractivity contribution in [2.45, 2.75) is 37.8 Å². The maximum absolute atomic E-state index is 11.9. The van der Waals surface area contributed by atoms with Gasteiger partial charge in [0.2, 0.25) is 11.8 Å². The summed E-state index contributed by atoms with van der Waals surface area (Å²) in [4.78, 5) is 26.0. The number of β-lactam (4-membered cyclic amide) rings is 2. The van der Waals surface area contributed by atoms with Gasteiger partial charge in [-0.25, -0.2) is 0 Å². The van der Waals surface area contributed by atoms with E-state index in [1.807, 2.05) is 0 Å². The third kappa shape index (κ3) is 1.18. The van der Waals surface area contributed by atoms with Gasteiger partial charge in [-0.2, -0.15) is 0 Å². The molecule has 0 bridgehead atoms. The Hall–Kier alpha value is -1.10. The van der Waals surface area contributed by atoms with Gasteiger partial charge in [-0.15, -0.1) is 0 Å². The highest BCUT2D eigenvalue weighted by atomic mass is 16.2. The maximum atomic E-state index is 11.9. The lowest BCUT2D eigenvalue weighted by Crippen LogP contribution is -2.79. The van der Waals surface area contributed by atoms with Gasteiger partial charge in [-0.05, 0) is 18.8 Å². The van der Waals surface area contributed by atoms with Gasteiger partial charge in [-0.1, -0.05) is 13.8 Å². The van der Waals surface area contributed by atoms with E-state index in [4.69, 9.17) is 0 Å². The van der Waals surface area contributed by atoms with Crippen molar-refractivity contribution < 1.29 is 9.59 Å². The third-order valence-corrected chi connectivity index (χ3v) is 4.46. The van der Waals surface area contributed by atoms with Crippen LogP contribution in [-0.2, 0) is 9.59 Å². The SMILES string of the molecule is CC(C)CN1[C@]2(CC[C@]13CNC3=O)CNC2=O. The molecule has 2 atom stereocenters. The van der Waals surface area contributed by atoms with Gasteiger partial charge in [0.05, 0.1) is 0 Å². The molecule has 2 amide bonds. The molecule has 0 saturated carbocycles. The Bertz CT molecular complexity index is 363. The van der Waals surface area contributed by atoms with E-state index in [-0.39, 0.29) is 22.9 Å². The Kier molecular flexibility index (Phi) is 2.09. The fourth-order valence-electron chi connectivity index (χ4n) is 3.38. The molecule has 5 nitrogen and oxygen atoms in total. The summed E-state index contributed by atoms with van der Waals surface area (Å²) in [7, 11) is 0. The molecule has 3 rings (SSSR count).